The molecule has 21 heavy (non-hydrogen) atoms. The first-order chi connectivity index (χ1) is 9.97. The third-order valence-corrected chi connectivity index (χ3v) is 2.90. The van der Waals surface area contributed by atoms with Crippen LogP contribution >= 0.6 is 0 Å². The summed E-state index contributed by atoms with van der Waals surface area (Å²) in [5.74, 6) is -1.20. The highest BCUT2D eigenvalue weighted by atomic mass is 16.6. The van der Waals surface area contributed by atoms with Gasteiger partial charge in [0.15, 0.2) is 0 Å². The number of nitro benzene ring substituents is 1. The average Bonchev–Trinajstić information content (AvgIpc) is 2.46. The number of anilines is 1. The van der Waals surface area contributed by atoms with Crippen molar-refractivity contribution in [1.29, 1.82) is 0 Å². The summed E-state index contributed by atoms with van der Waals surface area (Å²) in [6.07, 6.45) is 1.68. The number of carboxylic acids is 1. The molecule has 0 spiro atoms. The molecular formula is C14H13N3O4. The van der Waals surface area contributed by atoms with E-state index in [4.69, 9.17) is 5.11 Å². The fourth-order valence-corrected chi connectivity index (χ4v) is 1.77. The number of aryl methyl sites for hydroxylation is 1. The Labute approximate surface area is 120 Å². The lowest BCUT2D eigenvalue weighted by Crippen LogP contribution is -2.05. The molecule has 1 aromatic carbocycles. The largest absolute Gasteiger partial charge is 0.478 e. The molecule has 0 aliphatic rings. The van der Waals surface area contributed by atoms with Gasteiger partial charge in [0.25, 0.3) is 5.69 Å². The van der Waals surface area contributed by atoms with Crippen molar-refractivity contribution >= 4 is 17.3 Å². The SMILES string of the molecule is Cc1ccc(CNc2ccc(C(=O)O)cc2[N+](=O)[O-])cn1. The Bertz CT molecular complexity index is 683. The highest BCUT2D eigenvalue weighted by molar-refractivity contribution is 5.89. The first-order valence-electron chi connectivity index (χ1n) is 6.14. The number of rotatable bonds is 5. The van der Waals surface area contributed by atoms with Crippen molar-refractivity contribution < 1.29 is 14.8 Å². The van der Waals surface area contributed by atoms with Gasteiger partial charge >= 0.3 is 5.97 Å². The van der Waals surface area contributed by atoms with Gasteiger partial charge in [-0.3, -0.25) is 15.1 Å². The maximum Gasteiger partial charge on any atom is 0.335 e. The summed E-state index contributed by atoms with van der Waals surface area (Å²) >= 11 is 0. The number of aromatic nitrogens is 1. The van der Waals surface area contributed by atoms with Crippen LogP contribution < -0.4 is 5.32 Å². The van der Waals surface area contributed by atoms with Crippen molar-refractivity contribution in [1.82, 2.24) is 4.98 Å². The molecule has 0 saturated heterocycles. The van der Waals surface area contributed by atoms with Gasteiger partial charge in [0.05, 0.1) is 10.5 Å². The van der Waals surface area contributed by atoms with Gasteiger partial charge in [-0.25, -0.2) is 4.79 Å². The highest BCUT2D eigenvalue weighted by Gasteiger charge is 2.17. The number of aromatic carboxylic acids is 1. The van der Waals surface area contributed by atoms with E-state index in [1.54, 1.807) is 6.20 Å². The summed E-state index contributed by atoms with van der Waals surface area (Å²) < 4.78 is 0. The first kappa shape index (κ1) is 14.4. The van der Waals surface area contributed by atoms with Crippen molar-refractivity contribution in [2.75, 3.05) is 5.32 Å². The van der Waals surface area contributed by atoms with Crippen LogP contribution in [0, 0.1) is 17.0 Å². The second-order valence-corrected chi connectivity index (χ2v) is 4.46. The third-order valence-electron chi connectivity index (χ3n) is 2.90. The molecule has 2 rings (SSSR count). The number of benzene rings is 1. The van der Waals surface area contributed by atoms with Crippen molar-refractivity contribution in [3.8, 4) is 0 Å². The van der Waals surface area contributed by atoms with E-state index in [2.05, 4.69) is 10.3 Å². The van der Waals surface area contributed by atoms with E-state index in [-0.39, 0.29) is 16.9 Å². The predicted molar refractivity (Wildman–Crippen MR) is 76.4 cm³/mol. The number of pyridine rings is 1. The Balaban J connectivity index is 2.21. The minimum atomic E-state index is -1.20. The summed E-state index contributed by atoms with van der Waals surface area (Å²) in [7, 11) is 0. The van der Waals surface area contributed by atoms with Crippen LogP contribution in [0.25, 0.3) is 0 Å². The van der Waals surface area contributed by atoms with E-state index < -0.39 is 10.9 Å². The van der Waals surface area contributed by atoms with Crippen molar-refractivity contribution in [2.45, 2.75) is 13.5 Å². The van der Waals surface area contributed by atoms with Crippen LogP contribution in [0.3, 0.4) is 0 Å². The van der Waals surface area contributed by atoms with Crippen molar-refractivity contribution in [3.63, 3.8) is 0 Å². The van der Waals surface area contributed by atoms with Gasteiger partial charge in [-0.1, -0.05) is 6.07 Å². The molecule has 108 valence electrons. The number of carbonyl (C=O) groups is 1. The van der Waals surface area contributed by atoms with Crippen LogP contribution in [0.15, 0.2) is 36.5 Å². The molecule has 0 radical (unpaired) electrons. The average molecular weight is 287 g/mol. The van der Waals surface area contributed by atoms with E-state index >= 15 is 0 Å². The van der Waals surface area contributed by atoms with Crippen molar-refractivity contribution in [2.24, 2.45) is 0 Å². The lowest BCUT2D eigenvalue weighted by Gasteiger charge is -2.08. The van der Waals surface area contributed by atoms with Crippen LogP contribution in [0.4, 0.5) is 11.4 Å². The van der Waals surface area contributed by atoms with E-state index in [1.165, 1.54) is 12.1 Å². The highest BCUT2D eigenvalue weighted by Crippen LogP contribution is 2.26. The molecule has 7 nitrogen and oxygen atoms in total. The Morgan fingerprint density at radius 1 is 1.38 bits per heavy atom. The van der Waals surface area contributed by atoms with Crippen LogP contribution in [0.2, 0.25) is 0 Å². The molecule has 0 bridgehead atoms. The first-order valence-corrected chi connectivity index (χ1v) is 6.14. The molecule has 0 amide bonds. The Morgan fingerprint density at radius 2 is 2.14 bits per heavy atom. The number of carboxylic acid groups (broad SMARTS) is 1. The van der Waals surface area contributed by atoms with E-state index in [0.29, 0.717) is 6.54 Å². The van der Waals surface area contributed by atoms with Gasteiger partial charge in [-0.15, -0.1) is 0 Å². The van der Waals surface area contributed by atoms with Crippen LogP contribution in [0.1, 0.15) is 21.6 Å². The zero-order valence-electron chi connectivity index (χ0n) is 11.2. The smallest absolute Gasteiger partial charge is 0.335 e. The van der Waals surface area contributed by atoms with Crippen LogP contribution in [-0.4, -0.2) is 21.0 Å². The predicted octanol–water partition coefficient (Wildman–Crippen LogP) is 2.61. The summed E-state index contributed by atoms with van der Waals surface area (Å²) in [5.41, 5.74) is 1.64. The molecule has 7 heteroatoms. The lowest BCUT2D eigenvalue weighted by molar-refractivity contribution is -0.384. The fourth-order valence-electron chi connectivity index (χ4n) is 1.77. The number of hydrogen-bond acceptors (Lipinski definition) is 5. The molecule has 1 heterocycles. The molecule has 0 aliphatic carbocycles. The maximum atomic E-state index is 11.0. The monoisotopic (exact) mass is 287 g/mol. The second-order valence-electron chi connectivity index (χ2n) is 4.46. The van der Waals surface area contributed by atoms with Gasteiger partial charge in [0.1, 0.15) is 5.69 Å². The Hall–Kier alpha value is -2.96. The minimum Gasteiger partial charge on any atom is -0.478 e. The molecule has 2 aromatic rings. The molecule has 0 atom stereocenters. The Kier molecular flexibility index (Phi) is 4.13. The Morgan fingerprint density at radius 3 is 2.71 bits per heavy atom. The van der Waals surface area contributed by atoms with Gasteiger partial charge in [0, 0.05) is 24.5 Å². The van der Waals surface area contributed by atoms with Crippen molar-refractivity contribution in [3.05, 3.63) is 63.5 Å². The second kappa shape index (κ2) is 6.00. The minimum absolute atomic E-state index is 0.121. The number of nitrogens with zero attached hydrogens (tertiary/aromatic N) is 2. The molecule has 0 unspecified atom stereocenters. The normalized spacial score (nSPS) is 10.1. The molecule has 0 fully saturated rings. The summed E-state index contributed by atoms with van der Waals surface area (Å²) in [5, 5.41) is 22.8. The number of nitrogens with one attached hydrogen (secondary N) is 1. The molecule has 0 aliphatic heterocycles. The molecule has 0 saturated carbocycles. The van der Waals surface area contributed by atoms with Gasteiger partial charge in [0.2, 0.25) is 0 Å². The summed E-state index contributed by atoms with van der Waals surface area (Å²) in [6.45, 7) is 2.23. The number of nitro groups is 1. The number of hydrogen-bond donors (Lipinski definition) is 2. The molecule has 1 aromatic heterocycles. The van der Waals surface area contributed by atoms with Gasteiger partial charge < -0.3 is 10.4 Å². The van der Waals surface area contributed by atoms with Gasteiger partial charge in [-0.05, 0) is 30.7 Å². The quantitative estimate of drug-likeness (QED) is 0.646. The summed E-state index contributed by atoms with van der Waals surface area (Å²) in [6, 6.07) is 7.47. The van der Waals surface area contributed by atoms with E-state index in [0.717, 1.165) is 17.3 Å². The standard InChI is InChI=1S/C14H13N3O4/c1-9-2-3-10(7-15-9)8-16-12-5-4-11(14(18)19)6-13(12)17(20)21/h2-7,16H,8H2,1H3,(H,18,19). The van der Waals surface area contributed by atoms with Crippen LogP contribution in [-0.2, 0) is 6.54 Å². The lowest BCUT2D eigenvalue weighted by atomic mass is 10.1. The van der Waals surface area contributed by atoms with Gasteiger partial charge in [-0.2, -0.15) is 0 Å². The fraction of sp³-hybridized carbons (Fsp3) is 0.143. The third kappa shape index (κ3) is 3.53. The van der Waals surface area contributed by atoms with Crippen LogP contribution in [0.5, 0.6) is 0 Å². The molecule has 2 N–H and O–H groups in total. The van der Waals surface area contributed by atoms with E-state index in [1.807, 2.05) is 19.1 Å². The summed E-state index contributed by atoms with van der Waals surface area (Å²) in [4.78, 5) is 25.4. The van der Waals surface area contributed by atoms with E-state index in [9.17, 15) is 14.9 Å². The zero-order valence-corrected chi connectivity index (χ0v) is 11.2. The zero-order chi connectivity index (χ0) is 15.4. The topological polar surface area (TPSA) is 105 Å². The maximum absolute atomic E-state index is 11.0. The molecular weight excluding hydrogens is 274 g/mol.